The molecule has 4 nitrogen and oxygen atoms in total. The summed E-state index contributed by atoms with van der Waals surface area (Å²) in [6.07, 6.45) is 14.7. The Morgan fingerprint density at radius 1 is 0.972 bits per heavy atom. The van der Waals surface area contributed by atoms with E-state index in [4.69, 9.17) is 4.74 Å². The van der Waals surface area contributed by atoms with E-state index in [0.717, 1.165) is 43.9 Å². The maximum Gasteiger partial charge on any atom is 0.302 e. The predicted octanol–water partition coefficient (Wildman–Crippen LogP) is 7.66. The van der Waals surface area contributed by atoms with Crippen LogP contribution in [-0.2, 0) is 14.3 Å². The number of rotatable bonds is 2. The highest BCUT2D eigenvalue weighted by atomic mass is 16.5. The Balaban J connectivity index is 1.57. The number of aliphatic imine (C=N–C) groups is 1. The molecule has 5 aliphatic rings. The van der Waals surface area contributed by atoms with E-state index in [-0.39, 0.29) is 34.2 Å². The van der Waals surface area contributed by atoms with Crippen LogP contribution in [0.15, 0.2) is 16.6 Å². The summed E-state index contributed by atoms with van der Waals surface area (Å²) in [4.78, 5) is 28.0. The molecule has 4 heteroatoms. The molecule has 4 fully saturated rings. The number of hydrogen-bond acceptors (Lipinski definition) is 4. The molecule has 0 aliphatic heterocycles. The molecule has 4 saturated carbocycles. The maximum atomic E-state index is 11.9. The Kier molecular flexibility index (Phi) is 6.04. The number of esters is 1. The van der Waals surface area contributed by atoms with E-state index in [2.05, 4.69) is 59.5 Å². The SMILES string of the molecule is CC(=O)O[C@H]1CC[C@@]2(C)[C@@H](CC[C@]3(C)[C@@H]2CC=C2[C@@H]4[C@@H](C)[C@H](C)CC[C@]4(C)CC[C@]23C)[C@@]1(C)N=C=O. The van der Waals surface area contributed by atoms with Crippen LogP contribution in [0.4, 0.5) is 0 Å². The third-order valence-corrected chi connectivity index (χ3v) is 13.6. The van der Waals surface area contributed by atoms with Gasteiger partial charge in [0.1, 0.15) is 11.6 Å². The van der Waals surface area contributed by atoms with Gasteiger partial charge in [-0.2, -0.15) is 4.99 Å². The fraction of sp³-hybridized carbons (Fsp3) is 0.875. The van der Waals surface area contributed by atoms with Crippen LogP contribution in [-0.4, -0.2) is 23.7 Å². The van der Waals surface area contributed by atoms with Gasteiger partial charge in [0.25, 0.3) is 0 Å². The molecule has 11 atom stereocenters. The van der Waals surface area contributed by atoms with Gasteiger partial charge < -0.3 is 4.74 Å². The van der Waals surface area contributed by atoms with E-state index in [9.17, 15) is 9.59 Å². The minimum Gasteiger partial charge on any atom is -0.460 e. The highest BCUT2D eigenvalue weighted by Gasteiger charge is 2.69. The highest BCUT2D eigenvalue weighted by Crippen LogP contribution is 2.75. The summed E-state index contributed by atoms with van der Waals surface area (Å²) in [5.74, 6) is 2.71. The molecule has 5 aliphatic carbocycles. The van der Waals surface area contributed by atoms with Crippen molar-refractivity contribution in [3.05, 3.63) is 11.6 Å². The molecule has 0 spiro atoms. The lowest BCUT2D eigenvalue weighted by molar-refractivity contribution is -0.195. The molecule has 36 heavy (non-hydrogen) atoms. The Labute approximate surface area is 219 Å². The zero-order valence-corrected chi connectivity index (χ0v) is 24.1. The van der Waals surface area contributed by atoms with Gasteiger partial charge in [-0.25, -0.2) is 4.79 Å². The fourth-order valence-corrected chi connectivity index (χ4v) is 11.1. The number of fused-ring (bicyclic) bond motifs is 7. The lowest BCUT2D eigenvalue weighted by Crippen LogP contribution is -2.66. The van der Waals surface area contributed by atoms with Crippen molar-refractivity contribution in [1.29, 1.82) is 0 Å². The highest BCUT2D eigenvalue weighted by molar-refractivity contribution is 5.66. The largest absolute Gasteiger partial charge is 0.460 e. The van der Waals surface area contributed by atoms with Gasteiger partial charge in [0, 0.05) is 6.92 Å². The van der Waals surface area contributed by atoms with Crippen LogP contribution in [0.1, 0.15) is 113 Å². The average Bonchev–Trinajstić information content (AvgIpc) is 2.80. The van der Waals surface area contributed by atoms with Crippen LogP contribution in [0.3, 0.4) is 0 Å². The lowest BCUT2D eigenvalue weighted by Gasteiger charge is -2.71. The summed E-state index contributed by atoms with van der Waals surface area (Å²) in [6.45, 7) is 18.8. The normalized spacial score (nSPS) is 53.9. The van der Waals surface area contributed by atoms with Crippen molar-refractivity contribution in [2.24, 2.45) is 56.2 Å². The van der Waals surface area contributed by atoms with Gasteiger partial charge in [0.2, 0.25) is 6.08 Å². The Hall–Kier alpha value is -1.41. The first-order valence-electron chi connectivity index (χ1n) is 14.7. The number of ether oxygens (including phenoxy) is 1. The molecule has 0 radical (unpaired) electrons. The minimum atomic E-state index is -0.703. The fourth-order valence-electron chi connectivity index (χ4n) is 11.1. The average molecular weight is 496 g/mol. The summed E-state index contributed by atoms with van der Waals surface area (Å²) in [6, 6.07) is 0. The van der Waals surface area contributed by atoms with Gasteiger partial charge in [-0.1, -0.05) is 53.2 Å². The predicted molar refractivity (Wildman–Crippen MR) is 143 cm³/mol. The number of hydrogen-bond donors (Lipinski definition) is 0. The summed E-state index contributed by atoms with van der Waals surface area (Å²) in [5, 5.41) is 0. The minimum absolute atomic E-state index is 0.0516. The topological polar surface area (TPSA) is 55.7 Å². The molecule has 0 amide bonds. The first-order valence-corrected chi connectivity index (χ1v) is 14.7. The summed E-state index contributed by atoms with van der Waals surface area (Å²) in [7, 11) is 0. The summed E-state index contributed by atoms with van der Waals surface area (Å²) in [5.41, 5.74) is 2.03. The van der Waals surface area contributed by atoms with Crippen molar-refractivity contribution in [1.82, 2.24) is 0 Å². The molecule has 0 bridgehead atoms. The van der Waals surface area contributed by atoms with Gasteiger partial charge in [-0.15, -0.1) is 0 Å². The molecular formula is C32H49NO3. The monoisotopic (exact) mass is 495 g/mol. The first kappa shape index (κ1) is 26.2. The maximum absolute atomic E-state index is 11.9. The quantitative estimate of drug-likeness (QED) is 0.171. The van der Waals surface area contributed by atoms with Gasteiger partial charge in [0.15, 0.2) is 0 Å². The summed E-state index contributed by atoms with van der Waals surface area (Å²) < 4.78 is 5.79. The Morgan fingerprint density at radius 3 is 2.36 bits per heavy atom. The van der Waals surface area contributed by atoms with Crippen molar-refractivity contribution >= 4 is 12.0 Å². The van der Waals surface area contributed by atoms with E-state index in [0.29, 0.717) is 17.3 Å². The Morgan fingerprint density at radius 2 is 1.69 bits per heavy atom. The van der Waals surface area contributed by atoms with Crippen molar-refractivity contribution in [3.63, 3.8) is 0 Å². The molecule has 0 aromatic rings. The molecule has 200 valence electrons. The van der Waals surface area contributed by atoms with Crippen molar-refractivity contribution in [3.8, 4) is 0 Å². The van der Waals surface area contributed by atoms with E-state index >= 15 is 0 Å². The van der Waals surface area contributed by atoms with E-state index in [1.807, 2.05) is 6.08 Å². The van der Waals surface area contributed by atoms with E-state index in [1.54, 1.807) is 5.57 Å². The van der Waals surface area contributed by atoms with Crippen LogP contribution in [0.5, 0.6) is 0 Å². The second-order valence-electron chi connectivity index (χ2n) is 14.9. The van der Waals surface area contributed by atoms with E-state index < -0.39 is 5.54 Å². The van der Waals surface area contributed by atoms with E-state index in [1.165, 1.54) is 32.6 Å². The molecule has 0 saturated heterocycles. The van der Waals surface area contributed by atoms with Crippen LogP contribution in [0, 0.1) is 51.2 Å². The molecule has 0 unspecified atom stereocenters. The number of carbonyl (C=O) groups excluding carboxylic acids is 2. The lowest BCUT2D eigenvalue weighted by atomic mass is 9.34. The Bertz CT molecular complexity index is 1010. The van der Waals surface area contributed by atoms with Crippen LogP contribution in [0.2, 0.25) is 0 Å². The third-order valence-electron chi connectivity index (χ3n) is 13.6. The number of allylic oxidation sites excluding steroid dienone is 2. The third kappa shape index (κ3) is 3.28. The second-order valence-corrected chi connectivity index (χ2v) is 14.9. The van der Waals surface area contributed by atoms with Gasteiger partial charge in [-0.05, 0) is 116 Å². The van der Waals surface area contributed by atoms with Crippen molar-refractivity contribution in [2.75, 3.05) is 0 Å². The van der Waals surface area contributed by atoms with Gasteiger partial charge >= 0.3 is 5.97 Å². The standard InChI is InChI=1S/C32H49NO3/c1-20-11-14-28(4)17-18-30(6)23(27(28)21(20)2)9-10-24-29(5)15-13-26(36-22(3)35)32(8,33-19-34)25(29)12-16-31(24,30)7/h9,20-21,24-27H,10-18H2,1-8H3/t20-,21+,24-,25-,26+,27+,28-,29-,30-,31-,32-/m1/s1. The van der Waals surface area contributed by atoms with Crippen LogP contribution in [0.25, 0.3) is 0 Å². The van der Waals surface area contributed by atoms with Gasteiger partial charge in [-0.3, -0.25) is 4.79 Å². The van der Waals surface area contributed by atoms with Crippen LogP contribution >= 0.6 is 0 Å². The molecule has 0 N–H and O–H groups in total. The molecule has 5 rings (SSSR count). The number of isocyanates is 1. The smallest absolute Gasteiger partial charge is 0.302 e. The molecular weight excluding hydrogens is 446 g/mol. The summed E-state index contributed by atoms with van der Waals surface area (Å²) >= 11 is 0. The zero-order chi connectivity index (χ0) is 26.3. The van der Waals surface area contributed by atoms with Crippen molar-refractivity contribution < 1.29 is 14.3 Å². The van der Waals surface area contributed by atoms with Crippen LogP contribution < -0.4 is 0 Å². The second kappa shape index (κ2) is 8.29. The number of carbonyl (C=O) groups is 1. The number of nitrogens with zero attached hydrogens (tertiary/aromatic N) is 1. The zero-order valence-electron chi connectivity index (χ0n) is 24.1. The molecule has 0 aromatic heterocycles. The molecule has 0 heterocycles. The van der Waals surface area contributed by atoms with Gasteiger partial charge in [0.05, 0.1) is 0 Å². The first-order chi connectivity index (χ1) is 16.8. The van der Waals surface area contributed by atoms with Crippen molar-refractivity contribution in [2.45, 2.75) is 125 Å². The molecule has 0 aromatic carbocycles.